The average molecular weight is 319 g/mol. The van der Waals surface area contributed by atoms with Crippen molar-refractivity contribution in [3.05, 3.63) is 59.4 Å². The summed E-state index contributed by atoms with van der Waals surface area (Å²) in [6, 6.07) is 12.0. The van der Waals surface area contributed by atoms with Crippen LogP contribution < -0.4 is 5.32 Å². The van der Waals surface area contributed by atoms with Crippen LogP contribution in [-0.4, -0.2) is 23.0 Å². The van der Waals surface area contributed by atoms with Crippen LogP contribution in [0.15, 0.2) is 48.7 Å². The molecule has 0 bridgehead atoms. The Kier molecular flexibility index (Phi) is 5.49. The number of rotatable bonds is 5. The number of pyridine rings is 1. The molecule has 2 rings (SSSR count). The third kappa shape index (κ3) is 4.05. The van der Waals surface area contributed by atoms with Gasteiger partial charge in [-0.3, -0.25) is 4.79 Å². The number of esters is 1. The molecule has 0 aliphatic carbocycles. The number of hydrogen-bond acceptors (Lipinski definition) is 4. The molecule has 0 radical (unpaired) electrons. The van der Waals surface area contributed by atoms with Crippen LogP contribution in [0.5, 0.6) is 0 Å². The number of amides is 1. The van der Waals surface area contributed by atoms with Crippen molar-refractivity contribution in [2.24, 2.45) is 0 Å². The Bertz CT molecular complexity index is 661. The van der Waals surface area contributed by atoms with Gasteiger partial charge in [0.1, 0.15) is 5.15 Å². The van der Waals surface area contributed by atoms with Crippen molar-refractivity contribution >= 4 is 29.2 Å². The van der Waals surface area contributed by atoms with Gasteiger partial charge in [-0.25, -0.2) is 9.78 Å². The molecule has 1 aromatic heterocycles. The van der Waals surface area contributed by atoms with Crippen molar-refractivity contribution in [2.75, 3.05) is 5.32 Å². The van der Waals surface area contributed by atoms with Gasteiger partial charge in [-0.15, -0.1) is 0 Å². The van der Waals surface area contributed by atoms with Crippen LogP contribution in [0.3, 0.4) is 0 Å². The topological polar surface area (TPSA) is 68.3 Å². The Morgan fingerprint density at radius 1 is 1.23 bits per heavy atom. The molecule has 6 heteroatoms. The zero-order valence-corrected chi connectivity index (χ0v) is 12.7. The highest BCUT2D eigenvalue weighted by atomic mass is 35.5. The third-order valence-corrected chi connectivity index (χ3v) is 3.23. The van der Waals surface area contributed by atoms with E-state index in [1.165, 1.54) is 12.3 Å². The smallest absolute Gasteiger partial charge is 0.342 e. The predicted octanol–water partition coefficient (Wildman–Crippen LogP) is 3.31. The average Bonchev–Trinajstić information content (AvgIpc) is 2.53. The third-order valence-electron chi connectivity index (χ3n) is 2.93. The molecule has 0 spiro atoms. The maximum Gasteiger partial charge on any atom is 0.342 e. The van der Waals surface area contributed by atoms with Crippen LogP contribution in [-0.2, 0) is 9.53 Å². The Balaban J connectivity index is 2.04. The normalized spacial score (nSPS) is 11.5. The highest BCUT2D eigenvalue weighted by Gasteiger charge is 2.23. The fourth-order valence-corrected chi connectivity index (χ4v) is 1.99. The Morgan fingerprint density at radius 3 is 2.59 bits per heavy atom. The first-order chi connectivity index (χ1) is 10.6. The second-order valence-corrected chi connectivity index (χ2v) is 4.86. The zero-order valence-electron chi connectivity index (χ0n) is 12.0. The van der Waals surface area contributed by atoms with Crippen molar-refractivity contribution in [1.29, 1.82) is 0 Å². The first-order valence-electron chi connectivity index (χ1n) is 6.79. The number of carbonyl (C=O) groups is 2. The fourth-order valence-electron chi connectivity index (χ4n) is 1.80. The first kappa shape index (κ1) is 16.0. The lowest BCUT2D eigenvalue weighted by atomic mass is 10.2. The lowest BCUT2D eigenvalue weighted by Gasteiger charge is -2.16. The molecule has 0 saturated carbocycles. The van der Waals surface area contributed by atoms with Gasteiger partial charge in [-0.2, -0.15) is 0 Å². The first-order valence-corrected chi connectivity index (χ1v) is 7.17. The van der Waals surface area contributed by atoms with Crippen molar-refractivity contribution in [1.82, 2.24) is 4.98 Å². The van der Waals surface area contributed by atoms with Crippen LogP contribution in [0.25, 0.3) is 0 Å². The van der Waals surface area contributed by atoms with Gasteiger partial charge in [-0.05, 0) is 30.7 Å². The minimum Gasteiger partial charge on any atom is -0.449 e. The summed E-state index contributed by atoms with van der Waals surface area (Å²) in [5, 5.41) is 2.75. The van der Waals surface area contributed by atoms with Crippen molar-refractivity contribution in [2.45, 2.75) is 19.4 Å². The van der Waals surface area contributed by atoms with Gasteiger partial charge in [0, 0.05) is 11.9 Å². The molecule has 0 fully saturated rings. The van der Waals surface area contributed by atoms with E-state index in [1.807, 2.05) is 6.07 Å². The number of aromatic nitrogens is 1. The second-order valence-electron chi connectivity index (χ2n) is 4.50. The molecule has 1 amide bonds. The van der Waals surface area contributed by atoms with E-state index in [0.717, 1.165) is 0 Å². The molecule has 1 atom stereocenters. The van der Waals surface area contributed by atoms with Gasteiger partial charge in [-0.1, -0.05) is 36.7 Å². The molecule has 2 aromatic rings. The number of benzene rings is 1. The molecular formula is C16H15ClN2O3. The zero-order chi connectivity index (χ0) is 15.9. The second kappa shape index (κ2) is 7.56. The van der Waals surface area contributed by atoms with E-state index in [1.54, 1.807) is 37.3 Å². The van der Waals surface area contributed by atoms with E-state index >= 15 is 0 Å². The molecule has 22 heavy (non-hydrogen) atoms. The monoisotopic (exact) mass is 318 g/mol. The number of nitrogens with zero attached hydrogens (tertiary/aromatic N) is 1. The maximum absolute atomic E-state index is 12.2. The molecule has 114 valence electrons. The lowest BCUT2D eigenvalue weighted by molar-refractivity contribution is -0.124. The summed E-state index contributed by atoms with van der Waals surface area (Å²) in [5.41, 5.74) is 0.775. The molecule has 1 N–H and O–H groups in total. The summed E-state index contributed by atoms with van der Waals surface area (Å²) < 4.78 is 5.23. The number of para-hydroxylation sites is 1. The summed E-state index contributed by atoms with van der Waals surface area (Å²) in [6.45, 7) is 1.76. The van der Waals surface area contributed by atoms with Crippen LogP contribution >= 0.6 is 11.6 Å². The predicted molar refractivity (Wildman–Crippen MR) is 83.8 cm³/mol. The molecule has 0 saturated heterocycles. The molecule has 5 nitrogen and oxygen atoms in total. The minimum atomic E-state index is -0.899. The van der Waals surface area contributed by atoms with E-state index in [2.05, 4.69) is 10.3 Å². The standard InChI is InChI=1S/C16H15ClN2O3/c1-2-13(15(20)19-11-7-4-3-5-8-11)22-16(21)12-9-6-10-18-14(12)17/h3-10,13H,2H2,1H3,(H,19,20). The van der Waals surface area contributed by atoms with E-state index in [0.29, 0.717) is 12.1 Å². The summed E-state index contributed by atoms with van der Waals surface area (Å²) in [6.07, 6.45) is 0.921. The molecule has 1 heterocycles. The van der Waals surface area contributed by atoms with Gasteiger partial charge in [0.15, 0.2) is 6.10 Å². The number of halogens is 1. The SMILES string of the molecule is CCC(OC(=O)c1cccnc1Cl)C(=O)Nc1ccccc1. The van der Waals surface area contributed by atoms with Gasteiger partial charge in [0.25, 0.3) is 5.91 Å². The lowest BCUT2D eigenvalue weighted by Crippen LogP contribution is -2.32. The number of ether oxygens (including phenoxy) is 1. The largest absolute Gasteiger partial charge is 0.449 e. The number of carbonyl (C=O) groups excluding carboxylic acids is 2. The van der Waals surface area contributed by atoms with Crippen LogP contribution in [0, 0.1) is 0 Å². The number of anilines is 1. The van der Waals surface area contributed by atoms with E-state index in [9.17, 15) is 9.59 Å². The number of nitrogens with one attached hydrogen (secondary N) is 1. The van der Waals surface area contributed by atoms with Crippen molar-refractivity contribution in [3.8, 4) is 0 Å². The Labute approximate surface area is 133 Å². The Hall–Kier alpha value is -2.40. The van der Waals surface area contributed by atoms with Gasteiger partial charge in [0.2, 0.25) is 0 Å². The Morgan fingerprint density at radius 2 is 1.95 bits per heavy atom. The minimum absolute atomic E-state index is 0.0471. The number of hydrogen-bond donors (Lipinski definition) is 1. The molecular weight excluding hydrogens is 304 g/mol. The summed E-state index contributed by atoms with van der Waals surface area (Å²) in [7, 11) is 0. The van der Waals surface area contributed by atoms with Crippen molar-refractivity contribution < 1.29 is 14.3 Å². The van der Waals surface area contributed by atoms with Crippen LogP contribution in [0.4, 0.5) is 5.69 Å². The molecule has 0 aliphatic heterocycles. The molecule has 1 unspecified atom stereocenters. The van der Waals surface area contributed by atoms with Gasteiger partial charge in [0.05, 0.1) is 5.56 Å². The summed E-state index contributed by atoms with van der Waals surface area (Å²) >= 11 is 5.84. The maximum atomic E-state index is 12.2. The summed E-state index contributed by atoms with van der Waals surface area (Å²) in [4.78, 5) is 28.0. The van der Waals surface area contributed by atoms with E-state index < -0.39 is 12.1 Å². The van der Waals surface area contributed by atoms with Gasteiger partial charge < -0.3 is 10.1 Å². The highest BCUT2D eigenvalue weighted by Crippen LogP contribution is 2.15. The highest BCUT2D eigenvalue weighted by molar-refractivity contribution is 6.32. The molecule has 1 aromatic carbocycles. The van der Waals surface area contributed by atoms with E-state index in [-0.39, 0.29) is 16.6 Å². The van der Waals surface area contributed by atoms with Crippen LogP contribution in [0.2, 0.25) is 5.15 Å². The molecule has 0 aliphatic rings. The van der Waals surface area contributed by atoms with Crippen LogP contribution in [0.1, 0.15) is 23.7 Å². The fraction of sp³-hybridized carbons (Fsp3) is 0.188. The van der Waals surface area contributed by atoms with Crippen molar-refractivity contribution in [3.63, 3.8) is 0 Å². The summed E-state index contributed by atoms with van der Waals surface area (Å²) in [5.74, 6) is -1.06. The quantitative estimate of drug-likeness (QED) is 0.678. The van der Waals surface area contributed by atoms with E-state index in [4.69, 9.17) is 16.3 Å². The van der Waals surface area contributed by atoms with Gasteiger partial charge >= 0.3 is 5.97 Å².